The average Bonchev–Trinajstić information content (AvgIpc) is 3.15. The molecule has 0 spiro atoms. The van der Waals surface area contributed by atoms with Crippen LogP contribution in [0.2, 0.25) is 0 Å². The van der Waals surface area contributed by atoms with Gasteiger partial charge in [0, 0.05) is 12.4 Å². The van der Waals surface area contributed by atoms with Crippen LogP contribution in [0.3, 0.4) is 0 Å². The van der Waals surface area contributed by atoms with Gasteiger partial charge in [0.15, 0.2) is 0 Å². The summed E-state index contributed by atoms with van der Waals surface area (Å²) in [6.07, 6.45) is 7.91. The van der Waals surface area contributed by atoms with Crippen LogP contribution in [0, 0.1) is 0 Å². The fourth-order valence-electron chi connectivity index (χ4n) is 3.36. The van der Waals surface area contributed by atoms with Gasteiger partial charge in [0.05, 0.1) is 24.7 Å². The summed E-state index contributed by atoms with van der Waals surface area (Å²) in [5, 5.41) is 19.8. The van der Waals surface area contributed by atoms with Gasteiger partial charge in [0.2, 0.25) is 0 Å². The van der Waals surface area contributed by atoms with Gasteiger partial charge < -0.3 is 15.7 Å². The molecule has 1 aromatic carbocycles. The number of nitrogens with zero attached hydrogens (tertiary/aromatic N) is 2. The van der Waals surface area contributed by atoms with Crippen LogP contribution in [0.5, 0.6) is 0 Å². The molecule has 0 radical (unpaired) electrons. The lowest BCUT2D eigenvalue weighted by Gasteiger charge is -2.32. The van der Waals surface area contributed by atoms with Crippen LogP contribution in [-0.4, -0.2) is 33.6 Å². The van der Waals surface area contributed by atoms with Gasteiger partial charge in [-0.1, -0.05) is 43.2 Å². The largest absolute Gasteiger partial charge is 0.394 e. The topological polar surface area (TPSA) is 79.2 Å². The second-order valence-corrected chi connectivity index (χ2v) is 6.21. The third-order valence-electron chi connectivity index (χ3n) is 4.60. The number of benzene rings is 1. The summed E-state index contributed by atoms with van der Waals surface area (Å²) in [7, 11) is 0. The maximum absolute atomic E-state index is 12.4. The molecule has 0 aliphatic heterocycles. The molecule has 0 saturated heterocycles. The third-order valence-corrected chi connectivity index (χ3v) is 4.60. The van der Waals surface area contributed by atoms with Crippen molar-refractivity contribution in [3.63, 3.8) is 0 Å². The predicted octanol–water partition coefficient (Wildman–Crippen LogP) is 2.40. The molecule has 6 heteroatoms. The Balaban J connectivity index is 1.62. The summed E-state index contributed by atoms with van der Waals surface area (Å²) < 4.78 is 1.94. The maximum atomic E-state index is 12.4. The fraction of sp³-hybridized carbons (Fsp3) is 0.444. The SMILES string of the molecule is O=C(NC1CCCCC1n1cccn1)N[C@H](CO)c1ccccc1. The van der Waals surface area contributed by atoms with E-state index >= 15 is 0 Å². The minimum Gasteiger partial charge on any atom is -0.394 e. The first-order valence-corrected chi connectivity index (χ1v) is 8.50. The third kappa shape index (κ3) is 3.94. The molecule has 1 aliphatic carbocycles. The van der Waals surface area contributed by atoms with Crippen LogP contribution < -0.4 is 10.6 Å². The number of carbonyl (C=O) groups is 1. The van der Waals surface area contributed by atoms with E-state index in [0.29, 0.717) is 0 Å². The molecule has 24 heavy (non-hydrogen) atoms. The van der Waals surface area contributed by atoms with Gasteiger partial charge in [-0.05, 0) is 24.5 Å². The first-order chi connectivity index (χ1) is 11.8. The molecule has 6 nitrogen and oxygen atoms in total. The van der Waals surface area contributed by atoms with E-state index in [4.69, 9.17) is 0 Å². The van der Waals surface area contributed by atoms with Crippen molar-refractivity contribution in [2.24, 2.45) is 0 Å². The molecule has 3 rings (SSSR count). The highest BCUT2D eigenvalue weighted by Gasteiger charge is 2.28. The lowest BCUT2D eigenvalue weighted by molar-refractivity contribution is 0.199. The number of carbonyl (C=O) groups excluding carboxylic acids is 1. The lowest BCUT2D eigenvalue weighted by atomic mass is 9.90. The highest BCUT2D eigenvalue weighted by Crippen LogP contribution is 2.28. The van der Waals surface area contributed by atoms with Gasteiger partial charge >= 0.3 is 6.03 Å². The summed E-state index contributed by atoms with van der Waals surface area (Å²) in [5.41, 5.74) is 0.891. The number of hydrogen-bond donors (Lipinski definition) is 3. The summed E-state index contributed by atoms with van der Waals surface area (Å²) >= 11 is 0. The van der Waals surface area contributed by atoms with Gasteiger partial charge in [-0.3, -0.25) is 4.68 Å². The van der Waals surface area contributed by atoms with Gasteiger partial charge in [-0.2, -0.15) is 5.10 Å². The molecular weight excluding hydrogens is 304 g/mol. The first-order valence-electron chi connectivity index (χ1n) is 8.50. The molecular formula is C18H24N4O2. The normalized spacial score (nSPS) is 21.9. The number of hydrogen-bond acceptors (Lipinski definition) is 3. The van der Waals surface area contributed by atoms with Crippen LogP contribution in [-0.2, 0) is 0 Å². The number of rotatable bonds is 5. The standard InChI is InChI=1S/C18H24N4O2/c23-13-16(14-7-2-1-3-8-14)21-18(24)20-15-9-4-5-10-17(15)22-12-6-11-19-22/h1-3,6-8,11-12,15-17,23H,4-5,9-10,13H2,(H2,20,21,24)/t15?,16-,17?/m1/s1. The van der Waals surface area contributed by atoms with E-state index < -0.39 is 6.04 Å². The van der Waals surface area contributed by atoms with Crippen LogP contribution in [0.1, 0.15) is 43.3 Å². The Labute approximate surface area is 141 Å². The summed E-state index contributed by atoms with van der Waals surface area (Å²) in [6.45, 7) is -0.134. The molecule has 1 fully saturated rings. The Morgan fingerprint density at radius 2 is 2.04 bits per heavy atom. The van der Waals surface area contributed by atoms with Crippen molar-refractivity contribution in [1.82, 2.24) is 20.4 Å². The van der Waals surface area contributed by atoms with Gasteiger partial charge in [-0.15, -0.1) is 0 Å². The monoisotopic (exact) mass is 328 g/mol. The van der Waals surface area contributed by atoms with E-state index in [9.17, 15) is 9.90 Å². The molecule has 3 atom stereocenters. The molecule has 128 valence electrons. The maximum Gasteiger partial charge on any atom is 0.315 e. The van der Waals surface area contributed by atoms with Crippen molar-refractivity contribution >= 4 is 6.03 Å². The van der Waals surface area contributed by atoms with Crippen LogP contribution in [0.15, 0.2) is 48.8 Å². The van der Waals surface area contributed by atoms with E-state index in [1.807, 2.05) is 47.3 Å². The Morgan fingerprint density at radius 3 is 2.75 bits per heavy atom. The van der Waals surface area contributed by atoms with E-state index in [2.05, 4.69) is 15.7 Å². The minimum atomic E-state index is -0.405. The van der Waals surface area contributed by atoms with E-state index in [-0.39, 0.29) is 24.7 Å². The highest BCUT2D eigenvalue weighted by molar-refractivity contribution is 5.74. The van der Waals surface area contributed by atoms with Crippen molar-refractivity contribution in [2.75, 3.05) is 6.61 Å². The zero-order chi connectivity index (χ0) is 16.8. The number of aliphatic hydroxyl groups excluding tert-OH is 1. The lowest BCUT2D eigenvalue weighted by Crippen LogP contribution is -2.48. The molecule has 1 heterocycles. The summed E-state index contributed by atoms with van der Waals surface area (Å²) in [5.74, 6) is 0. The molecule has 2 aromatic rings. The van der Waals surface area contributed by atoms with Crippen LogP contribution in [0.25, 0.3) is 0 Å². The van der Waals surface area contributed by atoms with Crippen molar-refractivity contribution in [3.8, 4) is 0 Å². The predicted molar refractivity (Wildman–Crippen MR) is 91.5 cm³/mol. The van der Waals surface area contributed by atoms with Gasteiger partial charge in [0.25, 0.3) is 0 Å². The summed E-state index contributed by atoms with van der Waals surface area (Å²) in [4.78, 5) is 12.4. The van der Waals surface area contributed by atoms with E-state index in [1.54, 1.807) is 6.20 Å². The molecule has 0 bridgehead atoms. The minimum absolute atomic E-state index is 0.0498. The van der Waals surface area contributed by atoms with Gasteiger partial charge in [0.1, 0.15) is 0 Å². The Hall–Kier alpha value is -2.34. The highest BCUT2D eigenvalue weighted by atomic mass is 16.3. The summed E-state index contributed by atoms with van der Waals surface area (Å²) in [6, 6.07) is 11.0. The number of amides is 2. The number of aliphatic hydroxyl groups is 1. The Bertz CT molecular complexity index is 630. The van der Waals surface area contributed by atoms with Crippen molar-refractivity contribution < 1.29 is 9.90 Å². The molecule has 2 unspecified atom stereocenters. The van der Waals surface area contributed by atoms with Crippen molar-refractivity contribution in [2.45, 2.75) is 43.8 Å². The molecule has 1 aliphatic rings. The Morgan fingerprint density at radius 1 is 1.25 bits per heavy atom. The van der Waals surface area contributed by atoms with Crippen LogP contribution in [0.4, 0.5) is 4.79 Å². The van der Waals surface area contributed by atoms with Gasteiger partial charge in [-0.25, -0.2) is 4.79 Å². The second-order valence-electron chi connectivity index (χ2n) is 6.21. The number of urea groups is 1. The first kappa shape index (κ1) is 16.5. The quantitative estimate of drug-likeness (QED) is 0.788. The zero-order valence-corrected chi connectivity index (χ0v) is 13.6. The zero-order valence-electron chi connectivity index (χ0n) is 13.6. The van der Waals surface area contributed by atoms with E-state index in [1.165, 1.54) is 0 Å². The van der Waals surface area contributed by atoms with E-state index in [0.717, 1.165) is 31.2 Å². The fourth-order valence-corrected chi connectivity index (χ4v) is 3.36. The molecule has 1 saturated carbocycles. The van der Waals surface area contributed by atoms with Crippen LogP contribution >= 0.6 is 0 Å². The molecule has 2 amide bonds. The van der Waals surface area contributed by atoms with Crippen molar-refractivity contribution in [3.05, 3.63) is 54.4 Å². The number of aromatic nitrogens is 2. The molecule has 3 N–H and O–H groups in total. The second kappa shape index (κ2) is 7.97. The number of nitrogens with one attached hydrogen (secondary N) is 2. The average molecular weight is 328 g/mol. The molecule has 1 aromatic heterocycles. The van der Waals surface area contributed by atoms with Crippen molar-refractivity contribution in [1.29, 1.82) is 0 Å². The Kier molecular flexibility index (Phi) is 5.48. The smallest absolute Gasteiger partial charge is 0.315 e.